The number of hydrogen-bond donors (Lipinski definition) is 1. The second-order valence-electron chi connectivity index (χ2n) is 7.34. The van der Waals surface area contributed by atoms with Crippen molar-refractivity contribution in [1.29, 1.82) is 0 Å². The first-order valence-electron chi connectivity index (χ1n) is 9.65. The molecule has 1 aliphatic heterocycles. The molecule has 0 bridgehead atoms. The number of carbonyl (C=O) groups is 2. The van der Waals surface area contributed by atoms with Gasteiger partial charge in [0, 0.05) is 5.38 Å². The normalized spacial score (nSPS) is 19.2. The fourth-order valence-electron chi connectivity index (χ4n) is 3.27. The summed E-state index contributed by atoms with van der Waals surface area (Å²) in [5.41, 5.74) is 0.986. The SMILES string of the molecule is CCCCc1nc(CN2C(=O)NC(C)(CCc3ccc(OC)cc3)C2=O)cs1. The molecule has 1 fully saturated rings. The third kappa shape index (κ3) is 4.52. The lowest BCUT2D eigenvalue weighted by atomic mass is 9.93. The minimum Gasteiger partial charge on any atom is -0.497 e. The van der Waals surface area contributed by atoms with Gasteiger partial charge in [-0.15, -0.1) is 11.3 Å². The lowest BCUT2D eigenvalue weighted by molar-refractivity contribution is -0.131. The van der Waals surface area contributed by atoms with Gasteiger partial charge in [-0.05, 0) is 50.3 Å². The lowest BCUT2D eigenvalue weighted by Crippen LogP contribution is -2.44. The van der Waals surface area contributed by atoms with Crippen LogP contribution in [0.1, 0.15) is 49.4 Å². The molecule has 1 atom stereocenters. The number of nitrogens with zero attached hydrogens (tertiary/aromatic N) is 2. The van der Waals surface area contributed by atoms with Gasteiger partial charge in [-0.25, -0.2) is 9.78 Å². The Labute approximate surface area is 169 Å². The monoisotopic (exact) mass is 401 g/mol. The standard InChI is InChI=1S/C21H27N3O3S/c1-4-5-6-18-22-16(14-28-18)13-24-19(25)21(2,23-20(24)26)12-11-15-7-9-17(27-3)10-8-15/h7-10,14H,4-6,11-13H2,1-3H3,(H,23,26). The molecular weight excluding hydrogens is 374 g/mol. The van der Waals surface area contributed by atoms with E-state index in [0.29, 0.717) is 12.8 Å². The van der Waals surface area contributed by atoms with Gasteiger partial charge in [0.05, 0.1) is 24.4 Å². The fraction of sp³-hybridized carbons (Fsp3) is 0.476. The number of amides is 3. The molecule has 2 aromatic rings. The van der Waals surface area contributed by atoms with Crippen LogP contribution in [0.15, 0.2) is 29.6 Å². The molecule has 1 aromatic carbocycles. The van der Waals surface area contributed by atoms with Gasteiger partial charge in [-0.3, -0.25) is 9.69 Å². The first-order chi connectivity index (χ1) is 13.4. The predicted octanol–water partition coefficient (Wildman–Crippen LogP) is 3.94. The number of imide groups is 1. The van der Waals surface area contributed by atoms with Gasteiger partial charge in [-0.1, -0.05) is 25.5 Å². The molecule has 3 amide bonds. The van der Waals surface area contributed by atoms with E-state index in [9.17, 15) is 9.59 Å². The molecule has 7 heteroatoms. The summed E-state index contributed by atoms with van der Waals surface area (Å²) in [4.78, 5) is 31.2. The molecule has 0 saturated carbocycles. The zero-order chi connectivity index (χ0) is 20.1. The van der Waals surface area contributed by atoms with Crippen LogP contribution in [0.25, 0.3) is 0 Å². The van der Waals surface area contributed by atoms with E-state index in [1.807, 2.05) is 29.6 Å². The highest BCUT2D eigenvalue weighted by molar-refractivity contribution is 7.09. The zero-order valence-electron chi connectivity index (χ0n) is 16.7. The van der Waals surface area contributed by atoms with Crippen LogP contribution in [-0.4, -0.2) is 34.5 Å². The third-order valence-corrected chi connectivity index (χ3v) is 6.04. The number of nitrogens with one attached hydrogen (secondary N) is 1. The molecule has 1 saturated heterocycles. The summed E-state index contributed by atoms with van der Waals surface area (Å²) in [5, 5.41) is 5.88. The van der Waals surface area contributed by atoms with Crippen LogP contribution < -0.4 is 10.1 Å². The van der Waals surface area contributed by atoms with E-state index in [1.54, 1.807) is 25.4 Å². The van der Waals surface area contributed by atoms with E-state index in [1.165, 1.54) is 4.90 Å². The number of methoxy groups -OCH3 is 1. The minimum absolute atomic E-state index is 0.186. The second-order valence-corrected chi connectivity index (χ2v) is 8.28. The van der Waals surface area contributed by atoms with Crippen molar-refractivity contribution < 1.29 is 14.3 Å². The summed E-state index contributed by atoms with van der Waals surface area (Å²) in [7, 11) is 1.63. The number of rotatable bonds is 9. The van der Waals surface area contributed by atoms with Gasteiger partial charge in [0.1, 0.15) is 11.3 Å². The van der Waals surface area contributed by atoms with Crippen molar-refractivity contribution in [3.63, 3.8) is 0 Å². The fourth-order valence-corrected chi connectivity index (χ4v) is 4.10. The van der Waals surface area contributed by atoms with Crippen LogP contribution in [-0.2, 0) is 24.2 Å². The number of aryl methyl sites for hydroxylation is 2. The van der Waals surface area contributed by atoms with Crippen molar-refractivity contribution >= 4 is 23.3 Å². The van der Waals surface area contributed by atoms with E-state index in [2.05, 4.69) is 17.2 Å². The topological polar surface area (TPSA) is 71.5 Å². The highest BCUT2D eigenvalue weighted by atomic mass is 32.1. The van der Waals surface area contributed by atoms with Gasteiger partial charge in [0.2, 0.25) is 0 Å². The second kappa shape index (κ2) is 8.73. The lowest BCUT2D eigenvalue weighted by Gasteiger charge is -2.21. The maximum absolute atomic E-state index is 12.9. The molecule has 0 radical (unpaired) electrons. The van der Waals surface area contributed by atoms with Crippen molar-refractivity contribution in [2.24, 2.45) is 0 Å². The Bertz CT molecular complexity index is 834. The quantitative estimate of drug-likeness (QED) is 0.646. The Morgan fingerprint density at radius 1 is 1.21 bits per heavy atom. The molecule has 150 valence electrons. The Balaban J connectivity index is 1.61. The molecule has 2 heterocycles. The number of ether oxygens (including phenoxy) is 1. The first-order valence-corrected chi connectivity index (χ1v) is 10.5. The molecular formula is C21H27N3O3S. The first kappa shape index (κ1) is 20.3. The van der Waals surface area contributed by atoms with Crippen molar-refractivity contribution in [1.82, 2.24) is 15.2 Å². The smallest absolute Gasteiger partial charge is 0.325 e. The van der Waals surface area contributed by atoms with E-state index < -0.39 is 5.54 Å². The Morgan fingerprint density at radius 2 is 1.96 bits per heavy atom. The summed E-state index contributed by atoms with van der Waals surface area (Å²) in [6, 6.07) is 7.42. The van der Waals surface area contributed by atoms with E-state index in [-0.39, 0.29) is 18.5 Å². The maximum atomic E-state index is 12.9. The van der Waals surface area contributed by atoms with Crippen molar-refractivity contribution in [2.75, 3.05) is 7.11 Å². The Morgan fingerprint density at radius 3 is 2.64 bits per heavy atom. The number of carbonyl (C=O) groups excluding carboxylic acids is 2. The molecule has 0 aliphatic carbocycles. The van der Waals surface area contributed by atoms with Crippen molar-refractivity contribution in [3.8, 4) is 5.75 Å². The van der Waals surface area contributed by atoms with Crippen LogP contribution in [0.5, 0.6) is 5.75 Å². The van der Waals surface area contributed by atoms with Gasteiger partial charge in [-0.2, -0.15) is 0 Å². The maximum Gasteiger partial charge on any atom is 0.325 e. The van der Waals surface area contributed by atoms with Gasteiger partial charge < -0.3 is 10.1 Å². The van der Waals surface area contributed by atoms with Gasteiger partial charge in [0.15, 0.2) is 0 Å². The number of benzene rings is 1. The Kier molecular flexibility index (Phi) is 6.34. The predicted molar refractivity (Wildman–Crippen MR) is 110 cm³/mol. The van der Waals surface area contributed by atoms with E-state index in [0.717, 1.165) is 41.3 Å². The number of thiazole rings is 1. The van der Waals surface area contributed by atoms with Crippen LogP contribution in [0, 0.1) is 0 Å². The molecule has 1 aliphatic rings. The number of aromatic nitrogens is 1. The highest BCUT2D eigenvalue weighted by Crippen LogP contribution is 2.26. The van der Waals surface area contributed by atoms with Gasteiger partial charge >= 0.3 is 6.03 Å². The zero-order valence-corrected chi connectivity index (χ0v) is 17.5. The summed E-state index contributed by atoms with van der Waals surface area (Å²) >= 11 is 1.59. The van der Waals surface area contributed by atoms with E-state index in [4.69, 9.17) is 4.74 Å². The van der Waals surface area contributed by atoms with Crippen molar-refractivity contribution in [3.05, 3.63) is 45.9 Å². The van der Waals surface area contributed by atoms with Gasteiger partial charge in [0.25, 0.3) is 5.91 Å². The van der Waals surface area contributed by atoms with Crippen molar-refractivity contribution in [2.45, 2.75) is 58.0 Å². The number of hydrogen-bond acceptors (Lipinski definition) is 5. The van der Waals surface area contributed by atoms with E-state index >= 15 is 0 Å². The molecule has 6 nitrogen and oxygen atoms in total. The Hall–Kier alpha value is -2.41. The number of urea groups is 1. The summed E-state index contributed by atoms with van der Waals surface area (Å²) < 4.78 is 5.17. The minimum atomic E-state index is -0.891. The summed E-state index contributed by atoms with van der Waals surface area (Å²) in [6.45, 7) is 4.17. The molecule has 28 heavy (non-hydrogen) atoms. The van der Waals surface area contributed by atoms with Crippen LogP contribution >= 0.6 is 11.3 Å². The van der Waals surface area contributed by atoms with Crippen LogP contribution in [0.3, 0.4) is 0 Å². The molecule has 1 aromatic heterocycles. The largest absolute Gasteiger partial charge is 0.497 e. The van der Waals surface area contributed by atoms with Crippen LogP contribution in [0.2, 0.25) is 0 Å². The molecule has 3 rings (SSSR count). The highest BCUT2D eigenvalue weighted by Gasteiger charge is 2.47. The average Bonchev–Trinajstić information content (AvgIpc) is 3.23. The molecule has 1 unspecified atom stereocenters. The average molecular weight is 402 g/mol. The summed E-state index contributed by atoms with van der Waals surface area (Å²) in [5.74, 6) is 0.613. The van der Waals surface area contributed by atoms with Crippen LogP contribution in [0.4, 0.5) is 4.79 Å². The molecule has 1 N–H and O–H groups in total. The molecule has 0 spiro atoms. The summed E-state index contributed by atoms with van der Waals surface area (Å²) in [6.07, 6.45) is 4.40. The number of unbranched alkanes of at least 4 members (excludes halogenated alkanes) is 1. The third-order valence-electron chi connectivity index (χ3n) is 5.08.